The van der Waals surface area contributed by atoms with Gasteiger partial charge in [0.1, 0.15) is 13.2 Å². The van der Waals surface area contributed by atoms with Crippen molar-refractivity contribution in [2.45, 2.75) is 0 Å². The van der Waals surface area contributed by atoms with Crippen molar-refractivity contribution in [3.63, 3.8) is 0 Å². The van der Waals surface area contributed by atoms with Crippen LogP contribution < -0.4 is 0 Å². The van der Waals surface area contributed by atoms with Crippen molar-refractivity contribution in [1.82, 2.24) is 15.0 Å². The first-order chi connectivity index (χ1) is 14.0. The summed E-state index contributed by atoms with van der Waals surface area (Å²) < 4.78 is 9.31. The van der Waals surface area contributed by atoms with Crippen molar-refractivity contribution >= 4 is 12.8 Å². The zero-order chi connectivity index (χ0) is 19.8. The predicted octanol–water partition coefficient (Wildman–Crippen LogP) is 3.33. The van der Waals surface area contributed by atoms with Crippen LogP contribution in [0.4, 0.5) is 0 Å². The van der Waals surface area contributed by atoms with Crippen LogP contribution in [0.15, 0.2) is 102 Å². The molecule has 0 amide bonds. The maximum Gasteiger partial charge on any atom is 0.169 e. The topological polar surface area (TPSA) is 81.9 Å². The minimum atomic E-state index is 0. The quantitative estimate of drug-likeness (QED) is 0.445. The number of nitrogens with zero attached hydrogens (tertiary/aromatic N) is 5. The molecule has 8 heteroatoms. The van der Waals surface area contributed by atoms with E-state index in [2.05, 4.69) is 34.4 Å². The minimum Gasteiger partial charge on any atom is -0.482 e. The molecule has 2 aliphatic heterocycles. The molecule has 29 heavy (non-hydrogen) atoms. The second kappa shape index (κ2) is 24.0. The number of pyridine rings is 3. The summed E-state index contributed by atoms with van der Waals surface area (Å²) in [7, 11) is 0. The molecular weight excluding hydrogens is 506 g/mol. The van der Waals surface area contributed by atoms with E-state index in [-0.39, 0.29) is 49.4 Å². The van der Waals surface area contributed by atoms with Crippen molar-refractivity contribution < 1.29 is 58.9 Å². The molecule has 153 valence electrons. The summed E-state index contributed by atoms with van der Waals surface area (Å²) in [5.41, 5.74) is 0. The van der Waals surface area contributed by atoms with E-state index in [9.17, 15) is 0 Å². The molecule has 0 saturated heterocycles. The Hall–Kier alpha value is -2.03. The average molecular weight is 531 g/mol. The van der Waals surface area contributed by atoms with Crippen LogP contribution in [0.25, 0.3) is 0 Å². The summed E-state index contributed by atoms with van der Waals surface area (Å²) in [6.45, 7) is 3.25. The van der Waals surface area contributed by atoms with Gasteiger partial charge in [-0.25, -0.2) is 0 Å². The minimum absolute atomic E-state index is 0. The Balaban J connectivity index is 0.000000336. The molecule has 0 bridgehead atoms. The summed E-state index contributed by atoms with van der Waals surface area (Å²) in [6, 6.07) is 17.1. The molecule has 0 atom stereocenters. The summed E-state index contributed by atoms with van der Waals surface area (Å²) in [4.78, 5) is 18.8. The SMILES string of the molecule is C1=NCCO1.C1=NCCO1.[Eu].c1ccncc1.c1ccncc1.c1ccncc1. The Bertz CT molecular complexity index is 521. The van der Waals surface area contributed by atoms with E-state index in [1.165, 1.54) is 12.8 Å². The number of hydrogen-bond acceptors (Lipinski definition) is 7. The Kier molecular flexibility index (Phi) is 22.3. The van der Waals surface area contributed by atoms with Crippen LogP contribution in [0.3, 0.4) is 0 Å². The zero-order valence-electron chi connectivity index (χ0n) is 16.1. The van der Waals surface area contributed by atoms with Crippen LogP contribution in [0.1, 0.15) is 0 Å². The fourth-order valence-electron chi connectivity index (χ4n) is 1.46. The average Bonchev–Trinajstić information content (AvgIpc) is 3.58. The van der Waals surface area contributed by atoms with Crippen LogP contribution in [-0.4, -0.2) is 54.1 Å². The molecule has 7 nitrogen and oxygen atoms in total. The van der Waals surface area contributed by atoms with Crippen molar-refractivity contribution in [2.75, 3.05) is 26.3 Å². The van der Waals surface area contributed by atoms with E-state index < -0.39 is 0 Å². The van der Waals surface area contributed by atoms with Gasteiger partial charge in [-0.2, -0.15) is 0 Å². The third-order valence-corrected chi connectivity index (χ3v) is 2.67. The van der Waals surface area contributed by atoms with E-state index >= 15 is 0 Å². The fraction of sp³-hybridized carbons (Fsp3) is 0.190. The Morgan fingerprint density at radius 2 is 0.759 bits per heavy atom. The molecule has 3 aromatic heterocycles. The first-order valence-corrected chi connectivity index (χ1v) is 8.75. The number of hydrogen-bond donors (Lipinski definition) is 0. The second-order valence-electron chi connectivity index (χ2n) is 4.84. The molecule has 0 unspecified atom stereocenters. The predicted molar refractivity (Wildman–Crippen MR) is 111 cm³/mol. The molecule has 0 fully saturated rings. The third-order valence-electron chi connectivity index (χ3n) is 2.67. The fourth-order valence-corrected chi connectivity index (χ4v) is 1.46. The Labute approximate surface area is 212 Å². The van der Waals surface area contributed by atoms with Gasteiger partial charge in [0, 0.05) is 86.6 Å². The van der Waals surface area contributed by atoms with Crippen LogP contribution in [0, 0.1) is 49.4 Å². The van der Waals surface area contributed by atoms with Gasteiger partial charge in [0.25, 0.3) is 0 Å². The van der Waals surface area contributed by atoms with Gasteiger partial charge < -0.3 is 9.47 Å². The summed E-state index contributed by atoms with van der Waals surface area (Å²) in [5.74, 6) is 0. The van der Waals surface area contributed by atoms with Crippen LogP contribution in [-0.2, 0) is 9.47 Å². The molecule has 5 rings (SSSR count). The Morgan fingerprint density at radius 1 is 0.448 bits per heavy atom. The normalized spacial score (nSPS) is 11.6. The van der Waals surface area contributed by atoms with Gasteiger partial charge in [0.2, 0.25) is 0 Å². The third kappa shape index (κ3) is 22.1. The largest absolute Gasteiger partial charge is 0.482 e. The molecule has 0 saturated carbocycles. The molecule has 2 aliphatic rings. The van der Waals surface area contributed by atoms with E-state index in [0.29, 0.717) is 0 Å². The molecular formula is C21H25EuN5O2. The van der Waals surface area contributed by atoms with Crippen molar-refractivity contribution in [2.24, 2.45) is 9.98 Å². The van der Waals surface area contributed by atoms with E-state index in [4.69, 9.17) is 0 Å². The van der Waals surface area contributed by atoms with Gasteiger partial charge >= 0.3 is 0 Å². The summed E-state index contributed by atoms with van der Waals surface area (Å²) in [6.07, 6.45) is 13.5. The maximum atomic E-state index is 4.65. The second-order valence-corrected chi connectivity index (χ2v) is 4.84. The molecule has 1 radical (unpaired) electrons. The van der Waals surface area contributed by atoms with E-state index in [0.717, 1.165) is 26.3 Å². The van der Waals surface area contributed by atoms with Gasteiger partial charge in [-0.15, -0.1) is 0 Å². The summed E-state index contributed by atoms with van der Waals surface area (Å²) >= 11 is 0. The molecule has 0 aromatic carbocycles. The van der Waals surface area contributed by atoms with E-state index in [1.807, 2.05) is 54.6 Å². The van der Waals surface area contributed by atoms with Gasteiger partial charge in [-0.3, -0.25) is 24.9 Å². The number of aliphatic imine (C=N–C) groups is 2. The zero-order valence-corrected chi connectivity index (χ0v) is 18.5. The monoisotopic (exact) mass is 532 g/mol. The van der Waals surface area contributed by atoms with Gasteiger partial charge in [0.05, 0.1) is 13.1 Å². The number of aromatic nitrogens is 3. The van der Waals surface area contributed by atoms with Crippen LogP contribution in [0.5, 0.6) is 0 Å². The molecule has 5 heterocycles. The number of rotatable bonds is 0. The molecule has 0 aliphatic carbocycles. The number of ether oxygens (including phenoxy) is 2. The van der Waals surface area contributed by atoms with Gasteiger partial charge in [0.15, 0.2) is 12.8 Å². The van der Waals surface area contributed by atoms with Crippen molar-refractivity contribution in [3.8, 4) is 0 Å². The standard InChI is InChI=1S/3C5H5N.2C3H5NO.Eu/c3*1-2-4-6-5-3-1;2*1-2-5-3-4-1;/h3*1-5H;2*3H,1-2H2;. The smallest absolute Gasteiger partial charge is 0.169 e. The van der Waals surface area contributed by atoms with Gasteiger partial charge in [-0.1, -0.05) is 18.2 Å². The first kappa shape index (κ1) is 27.0. The van der Waals surface area contributed by atoms with Gasteiger partial charge in [-0.05, 0) is 36.4 Å². The van der Waals surface area contributed by atoms with Crippen LogP contribution in [0.2, 0.25) is 0 Å². The summed E-state index contributed by atoms with van der Waals surface area (Å²) in [5, 5.41) is 0. The molecule has 3 aromatic rings. The Morgan fingerprint density at radius 3 is 0.828 bits per heavy atom. The maximum absolute atomic E-state index is 4.65. The van der Waals surface area contributed by atoms with E-state index in [1.54, 1.807) is 37.2 Å². The van der Waals surface area contributed by atoms with Crippen molar-refractivity contribution in [1.29, 1.82) is 0 Å². The van der Waals surface area contributed by atoms with Crippen molar-refractivity contribution in [3.05, 3.63) is 91.8 Å². The van der Waals surface area contributed by atoms with Crippen LogP contribution >= 0.6 is 0 Å². The molecule has 0 N–H and O–H groups in total. The first-order valence-electron chi connectivity index (χ1n) is 8.75. The molecule has 0 spiro atoms.